The number of hydrogen-bond acceptors (Lipinski definition) is 5. The molecule has 0 aliphatic heterocycles. The van der Waals surface area contributed by atoms with Gasteiger partial charge in [0.05, 0.1) is 13.2 Å². The Hall–Kier alpha value is -1.73. The molecule has 112 valence electrons. The Morgan fingerprint density at radius 2 is 2.30 bits per heavy atom. The van der Waals surface area contributed by atoms with Gasteiger partial charge in [-0.25, -0.2) is 4.68 Å². The molecule has 1 aromatic heterocycles. The fourth-order valence-electron chi connectivity index (χ4n) is 1.68. The molecule has 1 unspecified atom stereocenters. The lowest BCUT2D eigenvalue weighted by Crippen LogP contribution is -2.35. The molecule has 2 N–H and O–H groups in total. The van der Waals surface area contributed by atoms with Crippen molar-refractivity contribution in [1.29, 1.82) is 0 Å². The largest absolute Gasteiger partial charge is 0.396 e. The van der Waals surface area contributed by atoms with Gasteiger partial charge in [0.1, 0.15) is 5.69 Å². The summed E-state index contributed by atoms with van der Waals surface area (Å²) >= 11 is 0. The van der Waals surface area contributed by atoms with Crippen molar-refractivity contribution in [2.45, 2.75) is 32.4 Å². The SMILES string of the molecule is COCCn1nc(C(=O)NC(C)CCCO)ccc1=O. The fraction of sp³-hybridized carbons (Fsp3) is 0.615. The van der Waals surface area contributed by atoms with Gasteiger partial charge in [-0.05, 0) is 25.8 Å². The summed E-state index contributed by atoms with van der Waals surface area (Å²) in [6.45, 7) is 2.61. The first kappa shape index (κ1) is 16.3. The molecule has 0 saturated heterocycles. The lowest BCUT2D eigenvalue weighted by Gasteiger charge is -2.13. The summed E-state index contributed by atoms with van der Waals surface area (Å²) in [7, 11) is 1.53. The molecule has 7 nitrogen and oxygen atoms in total. The molecule has 1 aromatic rings. The first-order valence-electron chi connectivity index (χ1n) is 6.57. The van der Waals surface area contributed by atoms with Crippen molar-refractivity contribution in [1.82, 2.24) is 15.1 Å². The van der Waals surface area contributed by atoms with Crippen LogP contribution in [0, 0.1) is 0 Å². The maximum atomic E-state index is 12.0. The van der Waals surface area contributed by atoms with Gasteiger partial charge >= 0.3 is 0 Å². The van der Waals surface area contributed by atoms with E-state index >= 15 is 0 Å². The van der Waals surface area contributed by atoms with E-state index in [-0.39, 0.29) is 29.8 Å². The zero-order valence-electron chi connectivity index (χ0n) is 11.8. The molecule has 0 bridgehead atoms. The van der Waals surface area contributed by atoms with E-state index in [4.69, 9.17) is 9.84 Å². The molecule has 1 amide bonds. The van der Waals surface area contributed by atoms with Gasteiger partial charge in [0.2, 0.25) is 0 Å². The molecule has 0 radical (unpaired) electrons. The number of aliphatic hydroxyl groups is 1. The minimum absolute atomic E-state index is 0.0594. The van der Waals surface area contributed by atoms with Gasteiger partial charge in [-0.15, -0.1) is 0 Å². The third-order valence-electron chi connectivity index (χ3n) is 2.78. The minimum atomic E-state index is -0.332. The van der Waals surface area contributed by atoms with Crippen LogP contribution in [0.25, 0.3) is 0 Å². The highest BCUT2D eigenvalue weighted by atomic mass is 16.5. The zero-order valence-corrected chi connectivity index (χ0v) is 11.8. The third kappa shape index (κ3) is 5.10. The number of aliphatic hydroxyl groups excluding tert-OH is 1. The Morgan fingerprint density at radius 1 is 1.55 bits per heavy atom. The first-order valence-corrected chi connectivity index (χ1v) is 6.57. The van der Waals surface area contributed by atoms with Crippen molar-refractivity contribution in [2.75, 3.05) is 20.3 Å². The molecular formula is C13H21N3O4. The maximum absolute atomic E-state index is 12.0. The van der Waals surface area contributed by atoms with E-state index in [9.17, 15) is 9.59 Å². The Labute approximate surface area is 117 Å². The molecule has 0 aromatic carbocycles. The minimum Gasteiger partial charge on any atom is -0.396 e. The fourth-order valence-corrected chi connectivity index (χ4v) is 1.68. The molecule has 0 aliphatic carbocycles. The van der Waals surface area contributed by atoms with Gasteiger partial charge < -0.3 is 15.2 Å². The molecule has 1 heterocycles. The second kappa shape index (κ2) is 8.44. The number of carbonyl (C=O) groups excluding carboxylic acids is 1. The van der Waals surface area contributed by atoms with Crippen LogP contribution >= 0.6 is 0 Å². The van der Waals surface area contributed by atoms with Gasteiger partial charge in [-0.2, -0.15) is 5.10 Å². The second-order valence-corrected chi connectivity index (χ2v) is 4.51. The van der Waals surface area contributed by atoms with Crippen LogP contribution in [-0.4, -0.2) is 47.2 Å². The number of hydrogen-bond donors (Lipinski definition) is 2. The van der Waals surface area contributed by atoms with Crippen molar-refractivity contribution in [2.24, 2.45) is 0 Å². The molecule has 0 saturated carbocycles. The van der Waals surface area contributed by atoms with Crippen molar-refractivity contribution in [3.05, 3.63) is 28.2 Å². The highest BCUT2D eigenvalue weighted by molar-refractivity contribution is 5.92. The molecule has 7 heteroatoms. The molecule has 1 rings (SSSR count). The number of carbonyl (C=O) groups is 1. The quantitative estimate of drug-likeness (QED) is 0.688. The van der Waals surface area contributed by atoms with E-state index in [1.807, 2.05) is 6.92 Å². The lowest BCUT2D eigenvalue weighted by atomic mass is 10.2. The average Bonchev–Trinajstić information content (AvgIpc) is 2.44. The summed E-state index contributed by atoms with van der Waals surface area (Å²) in [5.74, 6) is -0.332. The van der Waals surface area contributed by atoms with E-state index in [0.29, 0.717) is 26.0 Å². The Bertz CT molecular complexity index is 487. The Balaban J connectivity index is 2.70. The van der Waals surface area contributed by atoms with Gasteiger partial charge in [0.15, 0.2) is 0 Å². The Morgan fingerprint density at radius 3 is 2.95 bits per heavy atom. The third-order valence-corrected chi connectivity index (χ3v) is 2.78. The van der Waals surface area contributed by atoms with Crippen molar-refractivity contribution < 1.29 is 14.6 Å². The maximum Gasteiger partial charge on any atom is 0.271 e. The predicted octanol–water partition coefficient (Wildman–Crippen LogP) is -0.219. The number of aromatic nitrogens is 2. The van der Waals surface area contributed by atoms with E-state index in [2.05, 4.69) is 10.4 Å². The van der Waals surface area contributed by atoms with E-state index in [1.54, 1.807) is 0 Å². The average molecular weight is 283 g/mol. The number of nitrogens with one attached hydrogen (secondary N) is 1. The van der Waals surface area contributed by atoms with Crippen LogP contribution in [0.1, 0.15) is 30.3 Å². The summed E-state index contributed by atoms with van der Waals surface area (Å²) in [6.07, 6.45) is 1.31. The summed E-state index contributed by atoms with van der Waals surface area (Å²) < 4.78 is 6.09. The normalized spacial score (nSPS) is 12.2. The predicted molar refractivity (Wildman–Crippen MR) is 73.6 cm³/mol. The number of ether oxygens (including phenoxy) is 1. The number of nitrogens with zero attached hydrogens (tertiary/aromatic N) is 2. The van der Waals surface area contributed by atoms with Crippen molar-refractivity contribution in [3.63, 3.8) is 0 Å². The first-order chi connectivity index (χ1) is 9.58. The smallest absolute Gasteiger partial charge is 0.271 e. The van der Waals surface area contributed by atoms with Crippen molar-refractivity contribution in [3.8, 4) is 0 Å². The van der Waals surface area contributed by atoms with Crippen LogP contribution in [0.5, 0.6) is 0 Å². The van der Waals surface area contributed by atoms with Crippen LogP contribution in [0.3, 0.4) is 0 Å². The molecule has 20 heavy (non-hydrogen) atoms. The van der Waals surface area contributed by atoms with Crippen LogP contribution in [0.15, 0.2) is 16.9 Å². The van der Waals surface area contributed by atoms with Crippen LogP contribution < -0.4 is 10.9 Å². The molecule has 0 spiro atoms. The number of rotatable bonds is 8. The topological polar surface area (TPSA) is 93.5 Å². The summed E-state index contributed by atoms with van der Waals surface area (Å²) in [5, 5.41) is 15.5. The second-order valence-electron chi connectivity index (χ2n) is 4.51. The van der Waals surface area contributed by atoms with Gasteiger partial charge in [0.25, 0.3) is 11.5 Å². The standard InChI is InChI=1S/C13H21N3O4/c1-10(4-3-8-17)14-13(19)11-5-6-12(18)16(15-11)7-9-20-2/h5-6,10,17H,3-4,7-9H2,1-2H3,(H,14,19). The van der Waals surface area contributed by atoms with Crippen molar-refractivity contribution >= 4 is 5.91 Å². The van der Waals surface area contributed by atoms with Crippen LogP contribution in [-0.2, 0) is 11.3 Å². The lowest BCUT2D eigenvalue weighted by molar-refractivity contribution is 0.0927. The monoisotopic (exact) mass is 283 g/mol. The van der Waals surface area contributed by atoms with Gasteiger partial charge in [0, 0.05) is 25.8 Å². The van der Waals surface area contributed by atoms with E-state index < -0.39 is 0 Å². The molecule has 0 aliphatic rings. The zero-order chi connectivity index (χ0) is 15.0. The molecule has 1 atom stereocenters. The van der Waals surface area contributed by atoms with Crippen LogP contribution in [0.4, 0.5) is 0 Å². The van der Waals surface area contributed by atoms with E-state index in [0.717, 1.165) is 0 Å². The van der Waals surface area contributed by atoms with E-state index in [1.165, 1.54) is 23.9 Å². The summed E-state index contributed by atoms with van der Waals surface area (Å²) in [4.78, 5) is 23.5. The molecule has 0 fully saturated rings. The molecular weight excluding hydrogens is 262 g/mol. The van der Waals surface area contributed by atoms with Crippen LogP contribution in [0.2, 0.25) is 0 Å². The number of methoxy groups -OCH3 is 1. The summed E-state index contributed by atoms with van der Waals surface area (Å²) in [6, 6.07) is 2.66. The van der Waals surface area contributed by atoms with Gasteiger partial charge in [-0.3, -0.25) is 9.59 Å². The Kier molecular flexibility index (Phi) is 6.89. The van der Waals surface area contributed by atoms with Gasteiger partial charge in [-0.1, -0.05) is 0 Å². The highest BCUT2D eigenvalue weighted by Crippen LogP contribution is 1.98. The number of amides is 1. The summed E-state index contributed by atoms with van der Waals surface area (Å²) in [5.41, 5.74) is -0.0801. The highest BCUT2D eigenvalue weighted by Gasteiger charge is 2.12.